The maximum atomic E-state index is 11.7. The summed E-state index contributed by atoms with van der Waals surface area (Å²) in [6, 6.07) is 6.93. The summed E-state index contributed by atoms with van der Waals surface area (Å²) >= 11 is 0. The Labute approximate surface area is 126 Å². The molecule has 0 aliphatic rings. The molecule has 6 nitrogen and oxygen atoms in total. The van der Waals surface area contributed by atoms with Gasteiger partial charge in [0.25, 0.3) is 0 Å². The van der Waals surface area contributed by atoms with Gasteiger partial charge in [0.05, 0.1) is 18.1 Å². The van der Waals surface area contributed by atoms with Crippen molar-refractivity contribution >= 4 is 16.9 Å². The van der Waals surface area contributed by atoms with Gasteiger partial charge in [-0.1, -0.05) is 5.16 Å². The van der Waals surface area contributed by atoms with Crippen molar-refractivity contribution in [1.82, 2.24) is 5.16 Å². The number of methoxy groups -OCH3 is 1. The normalized spacial score (nSPS) is 10.9. The van der Waals surface area contributed by atoms with Crippen LogP contribution < -0.4 is 4.74 Å². The van der Waals surface area contributed by atoms with E-state index in [9.17, 15) is 4.79 Å². The lowest BCUT2D eigenvalue weighted by molar-refractivity contribution is 0.0600. The highest BCUT2D eigenvalue weighted by Crippen LogP contribution is 2.31. The molecule has 0 aliphatic carbocycles. The lowest BCUT2D eigenvalue weighted by Gasteiger charge is -2.07. The van der Waals surface area contributed by atoms with Crippen molar-refractivity contribution in [3.8, 4) is 5.75 Å². The molecule has 0 atom stereocenters. The summed E-state index contributed by atoms with van der Waals surface area (Å²) in [6.45, 7) is 3.88. The minimum atomic E-state index is -0.446. The molecule has 3 rings (SSSR count). The first-order valence-corrected chi connectivity index (χ1v) is 6.74. The summed E-state index contributed by atoms with van der Waals surface area (Å²) in [4.78, 5) is 11.7. The monoisotopic (exact) mass is 301 g/mol. The first-order chi connectivity index (χ1) is 10.6. The van der Waals surface area contributed by atoms with Crippen LogP contribution in [-0.2, 0) is 11.3 Å². The Hall–Kier alpha value is -2.76. The molecular formula is C16H15NO5. The Balaban J connectivity index is 1.96. The van der Waals surface area contributed by atoms with Crippen LogP contribution in [0.4, 0.5) is 0 Å². The number of hydrogen-bond acceptors (Lipinski definition) is 6. The number of furan rings is 1. The van der Waals surface area contributed by atoms with Gasteiger partial charge in [-0.15, -0.1) is 0 Å². The SMILES string of the molecule is COC(=O)c1cc(OCc2cc(C)on2)c2cc(C)oc2c1. The molecule has 6 heteroatoms. The van der Waals surface area contributed by atoms with Gasteiger partial charge in [-0.3, -0.25) is 0 Å². The van der Waals surface area contributed by atoms with Gasteiger partial charge in [0, 0.05) is 6.07 Å². The van der Waals surface area contributed by atoms with Gasteiger partial charge < -0.3 is 18.4 Å². The molecule has 0 fully saturated rings. The molecule has 1 aromatic carbocycles. The number of carbonyl (C=O) groups is 1. The van der Waals surface area contributed by atoms with Gasteiger partial charge in [0.1, 0.15) is 35.2 Å². The average Bonchev–Trinajstić information content (AvgIpc) is 3.08. The first kappa shape index (κ1) is 14.2. The number of fused-ring (bicyclic) bond motifs is 1. The quantitative estimate of drug-likeness (QED) is 0.687. The predicted molar refractivity (Wildman–Crippen MR) is 77.9 cm³/mol. The molecule has 0 saturated carbocycles. The van der Waals surface area contributed by atoms with E-state index < -0.39 is 5.97 Å². The number of esters is 1. The molecule has 0 unspecified atom stereocenters. The van der Waals surface area contributed by atoms with Crippen LogP contribution in [0.2, 0.25) is 0 Å². The zero-order chi connectivity index (χ0) is 15.7. The number of aryl methyl sites for hydroxylation is 2. The molecular weight excluding hydrogens is 286 g/mol. The van der Waals surface area contributed by atoms with E-state index in [0.29, 0.717) is 28.4 Å². The van der Waals surface area contributed by atoms with Gasteiger partial charge in [0.15, 0.2) is 0 Å². The Morgan fingerprint density at radius 1 is 1.18 bits per heavy atom. The fourth-order valence-corrected chi connectivity index (χ4v) is 2.23. The lowest BCUT2D eigenvalue weighted by Crippen LogP contribution is -2.02. The zero-order valence-corrected chi connectivity index (χ0v) is 12.5. The fourth-order valence-electron chi connectivity index (χ4n) is 2.23. The molecule has 0 radical (unpaired) electrons. The summed E-state index contributed by atoms with van der Waals surface area (Å²) in [7, 11) is 1.33. The number of benzene rings is 1. The maximum absolute atomic E-state index is 11.7. The van der Waals surface area contributed by atoms with Crippen LogP contribution in [0.3, 0.4) is 0 Å². The van der Waals surface area contributed by atoms with Crippen LogP contribution in [0.25, 0.3) is 11.0 Å². The van der Waals surface area contributed by atoms with E-state index in [4.69, 9.17) is 18.4 Å². The number of hydrogen-bond donors (Lipinski definition) is 0. The molecule has 0 bridgehead atoms. The van der Waals surface area contributed by atoms with E-state index in [1.807, 2.05) is 19.9 Å². The second-order valence-corrected chi connectivity index (χ2v) is 4.95. The van der Waals surface area contributed by atoms with E-state index >= 15 is 0 Å². The van der Waals surface area contributed by atoms with Gasteiger partial charge >= 0.3 is 5.97 Å². The Bertz CT molecular complexity index is 830. The fraction of sp³-hybridized carbons (Fsp3) is 0.250. The third kappa shape index (κ3) is 2.67. The Morgan fingerprint density at radius 2 is 2.00 bits per heavy atom. The van der Waals surface area contributed by atoms with Crippen molar-refractivity contribution in [2.24, 2.45) is 0 Å². The van der Waals surface area contributed by atoms with E-state index in [2.05, 4.69) is 5.16 Å². The third-order valence-corrected chi connectivity index (χ3v) is 3.20. The summed E-state index contributed by atoms with van der Waals surface area (Å²) in [5.74, 6) is 1.54. The van der Waals surface area contributed by atoms with E-state index in [1.54, 1.807) is 18.2 Å². The highest BCUT2D eigenvalue weighted by Gasteiger charge is 2.15. The predicted octanol–water partition coefficient (Wildman–Crippen LogP) is 3.40. The number of nitrogens with zero attached hydrogens (tertiary/aromatic N) is 1. The minimum absolute atomic E-state index is 0.237. The maximum Gasteiger partial charge on any atom is 0.338 e. The van der Waals surface area contributed by atoms with Crippen molar-refractivity contribution in [2.75, 3.05) is 7.11 Å². The van der Waals surface area contributed by atoms with Crippen molar-refractivity contribution in [2.45, 2.75) is 20.5 Å². The molecule has 114 valence electrons. The van der Waals surface area contributed by atoms with Crippen LogP contribution in [0.1, 0.15) is 27.6 Å². The molecule has 3 aromatic rings. The van der Waals surface area contributed by atoms with Crippen molar-refractivity contribution < 1.29 is 23.2 Å². The van der Waals surface area contributed by atoms with Gasteiger partial charge in [0.2, 0.25) is 0 Å². The molecule has 22 heavy (non-hydrogen) atoms. The number of ether oxygens (including phenoxy) is 2. The average molecular weight is 301 g/mol. The van der Waals surface area contributed by atoms with E-state index in [-0.39, 0.29) is 6.61 Å². The van der Waals surface area contributed by atoms with Crippen LogP contribution in [0.15, 0.2) is 33.2 Å². The zero-order valence-electron chi connectivity index (χ0n) is 12.5. The Kier molecular flexibility index (Phi) is 3.58. The summed E-state index contributed by atoms with van der Waals surface area (Å²) in [5.41, 5.74) is 1.62. The van der Waals surface area contributed by atoms with Gasteiger partial charge in [-0.2, -0.15) is 0 Å². The number of carbonyl (C=O) groups excluding carboxylic acids is 1. The van der Waals surface area contributed by atoms with Crippen LogP contribution >= 0.6 is 0 Å². The highest BCUT2D eigenvalue weighted by atomic mass is 16.5. The van der Waals surface area contributed by atoms with Crippen molar-refractivity contribution in [3.63, 3.8) is 0 Å². The molecule has 0 aliphatic heterocycles. The second-order valence-electron chi connectivity index (χ2n) is 4.95. The minimum Gasteiger partial charge on any atom is -0.486 e. The van der Waals surface area contributed by atoms with Crippen LogP contribution in [-0.4, -0.2) is 18.2 Å². The van der Waals surface area contributed by atoms with Gasteiger partial charge in [-0.25, -0.2) is 4.79 Å². The van der Waals surface area contributed by atoms with Crippen LogP contribution in [0.5, 0.6) is 5.75 Å². The first-order valence-electron chi connectivity index (χ1n) is 6.74. The molecule has 0 saturated heterocycles. The largest absolute Gasteiger partial charge is 0.486 e. The second kappa shape index (κ2) is 5.55. The highest BCUT2D eigenvalue weighted by molar-refractivity contribution is 5.96. The Morgan fingerprint density at radius 3 is 2.68 bits per heavy atom. The summed E-state index contributed by atoms with van der Waals surface area (Å²) in [5, 5.41) is 4.67. The summed E-state index contributed by atoms with van der Waals surface area (Å²) < 4.78 is 21.1. The van der Waals surface area contributed by atoms with Crippen LogP contribution in [0, 0.1) is 13.8 Å². The number of rotatable bonds is 4. The molecule has 0 amide bonds. The topological polar surface area (TPSA) is 74.7 Å². The lowest BCUT2D eigenvalue weighted by atomic mass is 10.1. The standard InChI is InChI=1S/C16H15NO5/c1-9-5-13-14(20-8-12-4-10(2)22-17-12)6-11(16(18)19-3)7-15(13)21-9/h4-7H,8H2,1-3H3. The number of aromatic nitrogens is 1. The smallest absolute Gasteiger partial charge is 0.338 e. The van der Waals surface area contributed by atoms with Crippen molar-refractivity contribution in [1.29, 1.82) is 0 Å². The molecule has 0 spiro atoms. The third-order valence-electron chi connectivity index (χ3n) is 3.20. The molecule has 0 N–H and O–H groups in total. The van der Waals surface area contributed by atoms with E-state index in [0.717, 1.165) is 11.1 Å². The molecule has 2 heterocycles. The van der Waals surface area contributed by atoms with Gasteiger partial charge in [-0.05, 0) is 32.0 Å². The van der Waals surface area contributed by atoms with Crippen molar-refractivity contribution in [3.05, 3.63) is 47.0 Å². The molecule has 2 aromatic heterocycles. The van der Waals surface area contributed by atoms with E-state index in [1.165, 1.54) is 7.11 Å². The summed E-state index contributed by atoms with van der Waals surface area (Å²) in [6.07, 6.45) is 0.